The monoisotopic (exact) mass is 354 g/mol. The van der Waals surface area contributed by atoms with Gasteiger partial charge < -0.3 is 5.32 Å². The van der Waals surface area contributed by atoms with Crippen molar-refractivity contribution in [3.05, 3.63) is 28.7 Å². The summed E-state index contributed by atoms with van der Waals surface area (Å²) in [5, 5.41) is 3.26. The van der Waals surface area contributed by atoms with E-state index in [9.17, 15) is 8.42 Å². The van der Waals surface area contributed by atoms with E-state index in [1.165, 1.54) is 0 Å². The number of nitrogens with one attached hydrogen (secondary N) is 2. The fraction of sp³-hybridized carbons (Fsp3) is 0.455. The summed E-state index contributed by atoms with van der Waals surface area (Å²) in [7, 11) is -3.38. The maximum atomic E-state index is 11.9. The third-order valence-corrected chi connectivity index (χ3v) is 4.77. The smallest absolute Gasteiger partial charge is 0.240 e. The lowest BCUT2D eigenvalue weighted by atomic mass is 10.2. The number of hydrogen-bond acceptors (Lipinski definition) is 3. The summed E-state index contributed by atoms with van der Waals surface area (Å²) in [5.74, 6) is 0. The second-order valence-corrected chi connectivity index (χ2v) is 6.78. The quantitative estimate of drug-likeness (QED) is 0.867. The summed E-state index contributed by atoms with van der Waals surface area (Å²) in [6.45, 7) is 1.43. The van der Waals surface area contributed by atoms with Crippen LogP contribution in [0, 0.1) is 0 Å². The van der Waals surface area contributed by atoms with Crippen LogP contribution in [0.1, 0.15) is 12.8 Å². The topological polar surface area (TPSA) is 58.2 Å². The molecule has 1 aromatic rings. The van der Waals surface area contributed by atoms with Gasteiger partial charge in [-0.25, -0.2) is 13.1 Å². The molecule has 0 spiro atoms. The molecule has 1 aliphatic rings. The van der Waals surface area contributed by atoms with Crippen LogP contribution in [0.4, 0.5) is 0 Å². The third-order valence-electron chi connectivity index (χ3n) is 2.81. The molecule has 18 heavy (non-hydrogen) atoms. The summed E-state index contributed by atoms with van der Waals surface area (Å²) in [4.78, 5) is 0.304. The molecular weight excluding hydrogens is 340 g/mol. The van der Waals surface area contributed by atoms with Crippen molar-refractivity contribution in [2.24, 2.45) is 0 Å². The largest absolute Gasteiger partial charge is 0.313 e. The Labute approximate surface area is 122 Å². The van der Waals surface area contributed by atoms with Gasteiger partial charge in [0.15, 0.2) is 0 Å². The molecule has 2 rings (SSSR count). The second-order valence-electron chi connectivity index (χ2n) is 4.10. The first-order chi connectivity index (χ1) is 8.08. The van der Waals surface area contributed by atoms with Crippen molar-refractivity contribution < 1.29 is 8.42 Å². The highest BCUT2D eigenvalue weighted by atomic mass is 79.9. The van der Waals surface area contributed by atoms with Gasteiger partial charge in [-0.2, -0.15) is 0 Å². The molecule has 0 bridgehead atoms. The lowest BCUT2D eigenvalue weighted by molar-refractivity contribution is 0.552. The summed E-state index contributed by atoms with van der Waals surface area (Å²) in [6.07, 6.45) is 2.15. The Hall–Kier alpha value is -0.140. The van der Waals surface area contributed by atoms with Crippen LogP contribution in [0.2, 0.25) is 0 Å². The van der Waals surface area contributed by atoms with E-state index in [4.69, 9.17) is 0 Å². The summed E-state index contributed by atoms with van der Waals surface area (Å²) in [6, 6.07) is 6.90. The van der Waals surface area contributed by atoms with E-state index in [1.807, 2.05) is 0 Å². The third kappa shape index (κ3) is 4.20. The predicted octanol–water partition coefficient (Wildman–Crippen LogP) is 1.90. The molecule has 1 atom stereocenters. The van der Waals surface area contributed by atoms with E-state index in [1.54, 1.807) is 24.3 Å². The molecule has 1 aromatic carbocycles. The van der Waals surface area contributed by atoms with Crippen LogP contribution in [-0.4, -0.2) is 27.5 Å². The van der Waals surface area contributed by atoms with Gasteiger partial charge in [-0.1, -0.05) is 15.9 Å². The molecule has 2 N–H and O–H groups in total. The minimum atomic E-state index is -3.38. The van der Waals surface area contributed by atoms with Gasteiger partial charge in [0.1, 0.15) is 0 Å². The van der Waals surface area contributed by atoms with Crippen molar-refractivity contribution in [1.29, 1.82) is 0 Å². The minimum Gasteiger partial charge on any atom is -0.313 e. The standard InChI is InChI=1S/C11H15BrN2O2S.ClH/c12-9-3-5-11(6-4-9)17(15,16)14-8-10-2-1-7-13-10;/h3-6,10,13-14H,1-2,7-8H2;1H. The van der Waals surface area contributed by atoms with Crippen LogP contribution in [0.5, 0.6) is 0 Å². The second kappa shape index (κ2) is 6.86. The van der Waals surface area contributed by atoms with Crippen molar-refractivity contribution >= 4 is 38.4 Å². The molecule has 1 saturated heterocycles. The fourth-order valence-corrected chi connectivity index (χ4v) is 3.18. The van der Waals surface area contributed by atoms with Crippen LogP contribution in [0.3, 0.4) is 0 Å². The molecule has 0 aliphatic carbocycles. The zero-order valence-electron chi connectivity index (χ0n) is 9.73. The highest BCUT2D eigenvalue weighted by molar-refractivity contribution is 9.10. The fourth-order valence-electron chi connectivity index (χ4n) is 1.84. The Bertz CT molecular complexity index is 472. The summed E-state index contributed by atoms with van der Waals surface area (Å²) < 4.78 is 27.4. The number of rotatable bonds is 4. The van der Waals surface area contributed by atoms with E-state index >= 15 is 0 Å². The van der Waals surface area contributed by atoms with E-state index in [-0.39, 0.29) is 18.4 Å². The minimum absolute atomic E-state index is 0. The van der Waals surface area contributed by atoms with Gasteiger partial charge in [-0.15, -0.1) is 12.4 Å². The molecule has 1 heterocycles. The van der Waals surface area contributed by atoms with E-state index in [0.717, 1.165) is 23.9 Å². The van der Waals surface area contributed by atoms with E-state index in [0.29, 0.717) is 11.4 Å². The Balaban J connectivity index is 0.00000162. The Morgan fingerprint density at radius 3 is 2.56 bits per heavy atom. The first kappa shape index (κ1) is 15.9. The normalized spacial score (nSPS) is 19.5. The lowest BCUT2D eigenvalue weighted by Gasteiger charge is -2.12. The average molecular weight is 356 g/mol. The lowest BCUT2D eigenvalue weighted by Crippen LogP contribution is -2.37. The van der Waals surface area contributed by atoms with Gasteiger partial charge >= 0.3 is 0 Å². The highest BCUT2D eigenvalue weighted by Crippen LogP contribution is 2.14. The van der Waals surface area contributed by atoms with Gasteiger partial charge in [0.2, 0.25) is 10.0 Å². The zero-order valence-corrected chi connectivity index (χ0v) is 12.9. The number of sulfonamides is 1. The molecule has 7 heteroatoms. The average Bonchev–Trinajstić information content (AvgIpc) is 2.80. The molecule has 102 valence electrons. The van der Waals surface area contributed by atoms with Crippen molar-refractivity contribution in [3.8, 4) is 0 Å². The van der Waals surface area contributed by atoms with Crippen LogP contribution in [-0.2, 0) is 10.0 Å². The van der Waals surface area contributed by atoms with Gasteiger partial charge in [0, 0.05) is 17.1 Å². The van der Waals surface area contributed by atoms with E-state index in [2.05, 4.69) is 26.0 Å². The Kier molecular flexibility index (Phi) is 6.07. The molecule has 0 saturated carbocycles. The molecule has 0 aromatic heterocycles. The van der Waals surface area contributed by atoms with Crippen LogP contribution in [0.25, 0.3) is 0 Å². The molecule has 1 fully saturated rings. The van der Waals surface area contributed by atoms with Gasteiger partial charge in [0.25, 0.3) is 0 Å². The zero-order chi connectivity index (χ0) is 12.3. The van der Waals surface area contributed by atoms with Gasteiger partial charge in [-0.05, 0) is 43.7 Å². The molecule has 0 radical (unpaired) electrons. The molecule has 0 amide bonds. The molecule has 1 unspecified atom stereocenters. The summed E-state index contributed by atoms with van der Waals surface area (Å²) in [5.41, 5.74) is 0. The maximum absolute atomic E-state index is 11.9. The summed E-state index contributed by atoms with van der Waals surface area (Å²) >= 11 is 3.28. The maximum Gasteiger partial charge on any atom is 0.240 e. The van der Waals surface area contributed by atoms with Crippen molar-refractivity contribution in [2.45, 2.75) is 23.8 Å². The SMILES string of the molecule is Cl.O=S(=O)(NCC1CCCN1)c1ccc(Br)cc1. The van der Waals surface area contributed by atoms with Gasteiger partial charge in [0.05, 0.1) is 4.90 Å². The number of halogens is 2. The van der Waals surface area contributed by atoms with E-state index < -0.39 is 10.0 Å². The molecular formula is C11H16BrClN2O2S. The van der Waals surface area contributed by atoms with Crippen molar-refractivity contribution in [3.63, 3.8) is 0 Å². The highest BCUT2D eigenvalue weighted by Gasteiger charge is 2.18. The van der Waals surface area contributed by atoms with Crippen LogP contribution >= 0.6 is 28.3 Å². The first-order valence-electron chi connectivity index (χ1n) is 5.56. The van der Waals surface area contributed by atoms with Crippen LogP contribution < -0.4 is 10.0 Å². The predicted molar refractivity (Wildman–Crippen MR) is 77.6 cm³/mol. The molecule has 1 aliphatic heterocycles. The molecule has 4 nitrogen and oxygen atoms in total. The Morgan fingerprint density at radius 2 is 2.00 bits per heavy atom. The van der Waals surface area contributed by atoms with Crippen molar-refractivity contribution in [2.75, 3.05) is 13.1 Å². The van der Waals surface area contributed by atoms with Crippen molar-refractivity contribution in [1.82, 2.24) is 10.0 Å². The van der Waals surface area contributed by atoms with Gasteiger partial charge in [-0.3, -0.25) is 0 Å². The first-order valence-corrected chi connectivity index (χ1v) is 7.84. The number of benzene rings is 1. The number of hydrogen-bond donors (Lipinski definition) is 2. The van der Waals surface area contributed by atoms with Crippen LogP contribution in [0.15, 0.2) is 33.6 Å². The Morgan fingerprint density at radius 1 is 1.33 bits per heavy atom.